The number of aliphatic hydroxyl groups is 1. The van der Waals surface area contributed by atoms with Crippen LogP contribution in [-0.4, -0.2) is 58.3 Å². The fraction of sp³-hybridized carbons (Fsp3) is 0.303. The second-order valence-electron chi connectivity index (χ2n) is 12.2. The van der Waals surface area contributed by atoms with E-state index >= 15 is 0 Å². The molecule has 1 fully saturated rings. The summed E-state index contributed by atoms with van der Waals surface area (Å²) in [6.07, 6.45) is -2.18. The number of nitrogens with one attached hydrogen (secondary N) is 3. The van der Waals surface area contributed by atoms with Crippen molar-refractivity contribution in [1.82, 2.24) is 20.6 Å². The number of rotatable bonds is 8. The number of alkyl halides is 3. The number of pyridine rings is 2. The number of hydrogen-bond donors (Lipinski definition) is 5. The molecule has 1 aliphatic carbocycles. The Kier molecular flexibility index (Phi) is 7.98. The topological polar surface area (TPSA) is 169 Å². The number of anilines is 1. The van der Waals surface area contributed by atoms with Crippen LogP contribution in [0.25, 0.3) is 22.2 Å². The lowest BCUT2D eigenvalue weighted by Crippen LogP contribution is -2.51. The maximum Gasteiger partial charge on any atom is 0.424 e. The van der Waals surface area contributed by atoms with Crippen molar-refractivity contribution >= 4 is 34.4 Å². The van der Waals surface area contributed by atoms with E-state index in [1.807, 2.05) is 0 Å². The van der Waals surface area contributed by atoms with Crippen LogP contribution >= 0.6 is 0 Å². The number of aromatic nitrogens is 2. The van der Waals surface area contributed by atoms with E-state index in [0.717, 1.165) is 36.6 Å². The first kappa shape index (κ1) is 32.6. The Labute approximate surface area is 270 Å². The van der Waals surface area contributed by atoms with Crippen molar-refractivity contribution in [2.24, 2.45) is 5.73 Å². The van der Waals surface area contributed by atoms with E-state index in [2.05, 4.69) is 25.9 Å². The van der Waals surface area contributed by atoms with E-state index in [4.69, 9.17) is 10.5 Å². The van der Waals surface area contributed by atoms with Gasteiger partial charge in [-0.05, 0) is 80.8 Å². The highest BCUT2D eigenvalue weighted by atomic mass is 19.4. The smallest absolute Gasteiger partial charge is 0.424 e. The molecule has 15 heteroatoms. The third-order valence-electron chi connectivity index (χ3n) is 8.47. The highest BCUT2D eigenvalue weighted by Crippen LogP contribution is 2.47. The number of halogens is 4. The van der Waals surface area contributed by atoms with Crippen LogP contribution in [0.4, 0.5) is 28.0 Å². The predicted octanol–water partition coefficient (Wildman–Crippen LogP) is 4.34. The Hall–Kier alpha value is -5.31. The maximum atomic E-state index is 14.8. The lowest BCUT2D eigenvalue weighted by Gasteiger charge is -2.31. The van der Waals surface area contributed by atoms with Crippen LogP contribution in [0.2, 0.25) is 0 Å². The first-order valence-corrected chi connectivity index (χ1v) is 14.9. The third kappa shape index (κ3) is 5.96. The molecule has 4 amide bonds. The molecule has 6 N–H and O–H groups in total. The standard InChI is InChI=1S/C33H30F4N6O5/c1-16-9-18-10-19(11-23(25(18)39-13-16)42-30(46)41-21-7-8-21)28(44)40-14-32(47,33(35,36)37)24-12-22-27(48-15-31(22,2)29(38)45)26(43-24)17-3-5-20(34)6-4-17/h3-6,9-13,21,47H,7-8,14-15H2,1-2H3,(H2,38,45)(H,40,44)(H2,41,42,46)/t31-,32-/m0/s1. The third-order valence-corrected chi connectivity index (χ3v) is 8.47. The highest BCUT2D eigenvalue weighted by Gasteiger charge is 2.57. The molecule has 48 heavy (non-hydrogen) atoms. The molecule has 0 saturated heterocycles. The van der Waals surface area contributed by atoms with Crippen LogP contribution in [0.15, 0.2) is 54.7 Å². The number of ether oxygens (including phenoxy) is 1. The van der Waals surface area contributed by atoms with Gasteiger partial charge in [0, 0.05) is 34.3 Å². The molecule has 6 rings (SSSR count). The quantitative estimate of drug-likeness (QED) is 0.174. The molecule has 250 valence electrons. The van der Waals surface area contributed by atoms with Crippen molar-refractivity contribution in [2.75, 3.05) is 18.5 Å². The van der Waals surface area contributed by atoms with Crippen molar-refractivity contribution < 1.29 is 41.8 Å². The van der Waals surface area contributed by atoms with Gasteiger partial charge in [-0.15, -0.1) is 0 Å². The van der Waals surface area contributed by atoms with Crippen LogP contribution < -0.4 is 26.4 Å². The minimum atomic E-state index is -5.40. The van der Waals surface area contributed by atoms with Gasteiger partial charge < -0.3 is 31.5 Å². The van der Waals surface area contributed by atoms with Gasteiger partial charge in [0.25, 0.3) is 5.91 Å². The summed E-state index contributed by atoms with van der Waals surface area (Å²) in [7, 11) is 0. The van der Waals surface area contributed by atoms with Crippen molar-refractivity contribution in [3.05, 3.63) is 82.9 Å². The van der Waals surface area contributed by atoms with Crippen molar-refractivity contribution in [1.29, 1.82) is 0 Å². The summed E-state index contributed by atoms with van der Waals surface area (Å²) in [6, 6.07) is 9.38. The molecular formula is C33H30F4N6O5. The summed E-state index contributed by atoms with van der Waals surface area (Å²) in [5.41, 5.74) is 0.275. The van der Waals surface area contributed by atoms with E-state index in [0.29, 0.717) is 10.9 Å². The Morgan fingerprint density at radius 3 is 2.46 bits per heavy atom. The normalized spacial score (nSPS) is 18.4. The van der Waals surface area contributed by atoms with E-state index in [1.165, 1.54) is 31.2 Å². The predicted molar refractivity (Wildman–Crippen MR) is 166 cm³/mol. The van der Waals surface area contributed by atoms with Gasteiger partial charge in [0.15, 0.2) is 0 Å². The van der Waals surface area contributed by atoms with Gasteiger partial charge in [0.2, 0.25) is 11.5 Å². The molecule has 11 nitrogen and oxygen atoms in total. The number of primary amides is 1. The van der Waals surface area contributed by atoms with Crippen LogP contribution in [0, 0.1) is 12.7 Å². The number of hydrogen-bond acceptors (Lipinski definition) is 7. The average Bonchev–Trinajstić information content (AvgIpc) is 3.78. The molecule has 3 heterocycles. The molecule has 4 aromatic rings. The Morgan fingerprint density at radius 1 is 1.10 bits per heavy atom. The fourth-order valence-electron chi connectivity index (χ4n) is 5.41. The number of aryl methyl sites for hydroxylation is 1. The molecule has 2 atom stereocenters. The second kappa shape index (κ2) is 11.7. The number of fused-ring (bicyclic) bond motifs is 2. The SMILES string of the molecule is Cc1cnc2c(NC(=O)NC3CC3)cc(C(=O)NC[C@](O)(c3cc4c(c(-c5ccc(F)cc5)n3)OC[C@]4(C)C(N)=O)C(F)(F)F)cc2c1. The summed E-state index contributed by atoms with van der Waals surface area (Å²) >= 11 is 0. The lowest BCUT2D eigenvalue weighted by molar-refractivity contribution is -0.265. The van der Waals surface area contributed by atoms with Gasteiger partial charge in [-0.3, -0.25) is 14.6 Å². The lowest BCUT2D eigenvalue weighted by atomic mass is 9.81. The number of benzene rings is 2. The monoisotopic (exact) mass is 666 g/mol. The van der Waals surface area contributed by atoms with Crippen LogP contribution in [-0.2, 0) is 15.8 Å². The molecule has 0 bridgehead atoms. The minimum Gasteiger partial charge on any atom is -0.489 e. The molecule has 0 spiro atoms. The first-order chi connectivity index (χ1) is 22.6. The summed E-state index contributed by atoms with van der Waals surface area (Å²) < 4.78 is 63.9. The van der Waals surface area contributed by atoms with Gasteiger partial charge in [0.1, 0.15) is 29.3 Å². The molecular weight excluding hydrogens is 636 g/mol. The second-order valence-corrected chi connectivity index (χ2v) is 12.2. The zero-order valence-electron chi connectivity index (χ0n) is 25.7. The number of carbonyl (C=O) groups excluding carboxylic acids is 3. The summed E-state index contributed by atoms with van der Waals surface area (Å²) in [6.45, 7) is 1.42. The Balaban J connectivity index is 1.38. The van der Waals surface area contributed by atoms with Gasteiger partial charge in [0.05, 0.1) is 23.4 Å². The molecule has 2 aromatic carbocycles. The van der Waals surface area contributed by atoms with Gasteiger partial charge in [-0.2, -0.15) is 13.2 Å². The first-order valence-electron chi connectivity index (χ1n) is 14.9. The number of carbonyl (C=O) groups is 3. The van der Waals surface area contributed by atoms with Crippen LogP contribution in [0.3, 0.4) is 0 Å². The van der Waals surface area contributed by atoms with Crippen molar-refractivity contribution in [2.45, 2.75) is 49.9 Å². The highest BCUT2D eigenvalue weighted by molar-refractivity contribution is 6.05. The van der Waals surface area contributed by atoms with E-state index in [1.54, 1.807) is 19.2 Å². The molecule has 2 aromatic heterocycles. The zero-order valence-corrected chi connectivity index (χ0v) is 25.7. The largest absolute Gasteiger partial charge is 0.489 e. The Morgan fingerprint density at radius 2 is 1.81 bits per heavy atom. The fourth-order valence-corrected chi connectivity index (χ4v) is 5.41. The minimum absolute atomic E-state index is 0.0294. The van der Waals surface area contributed by atoms with Crippen LogP contribution in [0.1, 0.15) is 46.9 Å². The van der Waals surface area contributed by atoms with Gasteiger partial charge in [-0.25, -0.2) is 14.2 Å². The average molecular weight is 667 g/mol. The number of amides is 4. The molecule has 0 radical (unpaired) electrons. The van der Waals surface area contributed by atoms with E-state index in [9.17, 15) is 37.1 Å². The summed E-state index contributed by atoms with van der Waals surface area (Å²) in [5, 5.41) is 19.3. The number of urea groups is 1. The van der Waals surface area contributed by atoms with Crippen LogP contribution in [0.5, 0.6) is 5.75 Å². The zero-order chi connectivity index (χ0) is 34.6. The molecule has 1 saturated carbocycles. The Bertz CT molecular complexity index is 1970. The van der Waals surface area contributed by atoms with Crippen molar-refractivity contribution in [3.63, 3.8) is 0 Å². The van der Waals surface area contributed by atoms with E-state index < -0.39 is 53.1 Å². The summed E-state index contributed by atoms with van der Waals surface area (Å²) in [4.78, 5) is 46.9. The maximum absolute atomic E-state index is 14.8. The molecule has 0 unspecified atom stereocenters. The molecule has 2 aliphatic rings. The number of nitrogens with zero attached hydrogens (tertiary/aromatic N) is 2. The number of nitrogens with two attached hydrogens (primary N) is 1. The summed E-state index contributed by atoms with van der Waals surface area (Å²) in [5.74, 6) is -2.57. The van der Waals surface area contributed by atoms with E-state index in [-0.39, 0.29) is 46.5 Å². The van der Waals surface area contributed by atoms with Crippen molar-refractivity contribution in [3.8, 4) is 17.0 Å². The molecule has 1 aliphatic heterocycles. The van der Waals surface area contributed by atoms with Gasteiger partial charge in [-0.1, -0.05) is 0 Å². The van der Waals surface area contributed by atoms with Gasteiger partial charge >= 0.3 is 12.2 Å².